The molecule has 2 aliphatic rings. The van der Waals surface area contributed by atoms with E-state index in [-0.39, 0.29) is 11.3 Å². The van der Waals surface area contributed by atoms with Crippen molar-refractivity contribution in [2.24, 2.45) is 10.9 Å². The van der Waals surface area contributed by atoms with Crippen molar-refractivity contribution in [1.82, 2.24) is 4.90 Å². The second kappa shape index (κ2) is 11.5. The van der Waals surface area contributed by atoms with E-state index in [9.17, 15) is 19.7 Å². The lowest BCUT2D eigenvalue weighted by Gasteiger charge is -2.32. The number of benzene rings is 2. The van der Waals surface area contributed by atoms with Crippen molar-refractivity contribution >= 4 is 23.3 Å². The molecule has 3 atom stereocenters. The number of nitro groups is 1. The van der Waals surface area contributed by atoms with Crippen LogP contribution in [0.5, 0.6) is 0 Å². The molecule has 4 rings (SSSR count). The molecule has 0 bridgehead atoms. The van der Waals surface area contributed by atoms with E-state index in [1.165, 1.54) is 19.2 Å². The van der Waals surface area contributed by atoms with Gasteiger partial charge in [0.2, 0.25) is 0 Å². The number of hydrogen-bond acceptors (Lipinski definition) is 8. The summed E-state index contributed by atoms with van der Waals surface area (Å²) >= 11 is 0. The molecule has 1 saturated heterocycles. The quantitative estimate of drug-likeness (QED) is 0.293. The predicted octanol–water partition coefficient (Wildman–Crippen LogP) is 4.60. The molecular weight excluding hydrogens is 474 g/mol. The summed E-state index contributed by atoms with van der Waals surface area (Å²) in [5, 5.41) is 11.5. The molecular formula is C28H31N3O6. The van der Waals surface area contributed by atoms with Crippen LogP contribution < -0.4 is 0 Å². The zero-order chi connectivity index (χ0) is 26.5. The first kappa shape index (κ1) is 26.2. The molecule has 1 fully saturated rings. The summed E-state index contributed by atoms with van der Waals surface area (Å²) in [6.45, 7) is 5.81. The number of hydrogen-bond donors (Lipinski definition) is 0. The van der Waals surface area contributed by atoms with Gasteiger partial charge in [-0.15, -0.1) is 0 Å². The molecule has 3 unspecified atom stereocenters. The van der Waals surface area contributed by atoms with Gasteiger partial charge in [0, 0.05) is 36.0 Å². The van der Waals surface area contributed by atoms with Crippen molar-refractivity contribution < 1.29 is 24.0 Å². The Morgan fingerprint density at radius 3 is 2.46 bits per heavy atom. The van der Waals surface area contributed by atoms with Crippen LogP contribution in [0.2, 0.25) is 0 Å². The monoisotopic (exact) mass is 505 g/mol. The predicted molar refractivity (Wildman–Crippen MR) is 138 cm³/mol. The molecule has 2 aliphatic heterocycles. The minimum atomic E-state index is -0.924. The number of nitro benzene ring substituents is 1. The largest absolute Gasteiger partial charge is 0.468 e. The Balaban J connectivity index is 1.75. The van der Waals surface area contributed by atoms with Crippen LogP contribution in [0.25, 0.3) is 0 Å². The first-order chi connectivity index (χ1) is 17.8. The maximum atomic E-state index is 13.9. The molecule has 9 heteroatoms. The molecule has 0 N–H and O–H groups in total. The number of carbonyl (C=O) groups is 2. The van der Waals surface area contributed by atoms with Gasteiger partial charge in [0.05, 0.1) is 17.6 Å². The Bertz CT molecular complexity index is 1230. The average molecular weight is 506 g/mol. The van der Waals surface area contributed by atoms with Crippen molar-refractivity contribution in [3.05, 3.63) is 87.1 Å². The first-order valence-corrected chi connectivity index (χ1v) is 12.4. The highest BCUT2D eigenvalue weighted by Crippen LogP contribution is 2.41. The Labute approximate surface area is 215 Å². The van der Waals surface area contributed by atoms with Crippen LogP contribution in [-0.2, 0) is 19.1 Å². The maximum Gasteiger partial charge on any atom is 0.337 e. The molecule has 2 aromatic rings. The van der Waals surface area contributed by atoms with Gasteiger partial charge < -0.3 is 9.47 Å². The summed E-state index contributed by atoms with van der Waals surface area (Å²) in [7, 11) is 1.27. The van der Waals surface area contributed by atoms with E-state index in [0.29, 0.717) is 23.5 Å². The summed E-state index contributed by atoms with van der Waals surface area (Å²) < 4.78 is 11.2. The lowest BCUT2D eigenvalue weighted by molar-refractivity contribution is -0.384. The number of esters is 2. The molecule has 9 nitrogen and oxygen atoms in total. The number of non-ortho nitro benzene ring substituents is 1. The average Bonchev–Trinajstić information content (AvgIpc) is 3.41. The van der Waals surface area contributed by atoms with Gasteiger partial charge in [-0.1, -0.05) is 42.5 Å². The van der Waals surface area contributed by atoms with Gasteiger partial charge >= 0.3 is 11.9 Å². The minimum absolute atomic E-state index is 0.136. The Morgan fingerprint density at radius 1 is 1.11 bits per heavy atom. The minimum Gasteiger partial charge on any atom is -0.468 e. The lowest BCUT2D eigenvalue weighted by Crippen LogP contribution is -2.37. The van der Waals surface area contributed by atoms with Crippen molar-refractivity contribution in [3.63, 3.8) is 0 Å². The van der Waals surface area contributed by atoms with E-state index in [2.05, 4.69) is 9.89 Å². The van der Waals surface area contributed by atoms with E-state index in [0.717, 1.165) is 31.5 Å². The second-order valence-electron chi connectivity index (χ2n) is 9.40. The van der Waals surface area contributed by atoms with Gasteiger partial charge in [0.1, 0.15) is 12.0 Å². The molecule has 2 aromatic carbocycles. The third kappa shape index (κ3) is 5.77. The summed E-state index contributed by atoms with van der Waals surface area (Å²) in [5.74, 6) is -2.95. The molecule has 0 radical (unpaired) electrons. The smallest absolute Gasteiger partial charge is 0.337 e. The zero-order valence-electron chi connectivity index (χ0n) is 21.3. The zero-order valence-corrected chi connectivity index (χ0v) is 21.3. The molecule has 0 aliphatic carbocycles. The summed E-state index contributed by atoms with van der Waals surface area (Å²) in [6, 6.07) is 15.5. The van der Waals surface area contributed by atoms with Crippen LogP contribution in [0.4, 0.5) is 5.69 Å². The van der Waals surface area contributed by atoms with E-state index < -0.39 is 34.8 Å². The van der Waals surface area contributed by atoms with Crippen LogP contribution in [0.1, 0.15) is 49.8 Å². The normalized spacial score (nSPS) is 20.8. The lowest BCUT2D eigenvalue weighted by atomic mass is 9.75. The second-order valence-corrected chi connectivity index (χ2v) is 9.40. The van der Waals surface area contributed by atoms with Gasteiger partial charge in [-0.2, -0.15) is 0 Å². The summed E-state index contributed by atoms with van der Waals surface area (Å²) in [6.07, 6.45) is 1.67. The number of methoxy groups -OCH3 is 1. The summed E-state index contributed by atoms with van der Waals surface area (Å²) in [4.78, 5) is 44.6. The van der Waals surface area contributed by atoms with Gasteiger partial charge in [-0.25, -0.2) is 4.79 Å². The van der Waals surface area contributed by atoms with E-state index in [1.807, 2.05) is 30.3 Å². The van der Waals surface area contributed by atoms with Crippen molar-refractivity contribution in [2.75, 3.05) is 26.7 Å². The Kier molecular flexibility index (Phi) is 8.13. The molecule has 0 aromatic heterocycles. The topological polar surface area (TPSA) is 111 Å². The molecule has 0 saturated carbocycles. The third-order valence-electron chi connectivity index (χ3n) is 6.99. The standard InChI is InChI=1S/C28H31N3O6/c1-18-24(27(32)36-3)26(21-12-9-13-22(16-21)31(34)35)25(19(2)29-18)28(33)37-23(17-30-14-7-8-15-30)20-10-5-4-6-11-20/h4-6,9-13,16,23-24,26H,7-8,14-15,17H2,1-3H3. The Hall–Kier alpha value is -3.85. The van der Waals surface area contributed by atoms with Crippen LogP contribution in [0.3, 0.4) is 0 Å². The van der Waals surface area contributed by atoms with Gasteiger partial charge in [-0.3, -0.25) is 24.8 Å². The molecule has 194 valence electrons. The fourth-order valence-electron chi connectivity index (χ4n) is 5.20. The fourth-order valence-corrected chi connectivity index (χ4v) is 5.20. The van der Waals surface area contributed by atoms with Gasteiger partial charge in [-0.05, 0) is 50.9 Å². The van der Waals surface area contributed by atoms with E-state index in [1.54, 1.807) is 26.0 Å². The van der Waals surface area contributed by atoms with Crippen LogP contribution in [0.15, 0.2) is 70.9 Å². The Morgan fingerprint density at radius 2 is 1.81 bits per heavy atom. The number of aliphatic imine (C=N–C) groups is 1. The third-order valence-corrected chi connectivity index (χ3v) is 6.99. The van der Waals surface area contributed by atoms with Gasteiger partial charge in [0.15, 0.2) is 0 Å². The van der Waals surface area contributed by atoms with Crippen LogP contribution >= 0.6 is 0 Å². The van der Waals surface area contributed by atoms with Crippen molar-refractivity contribution in [1.29, 1.82) is 0 Å². The van der Waals surface area contributed by atoms with E-state index in [4.69, 9.17) is 9.47 Å². The highest BCUT2D eigenvalue weighted by Gasteiger charge is 2.43. The number of likely N-dealkylation sites (tertiary alicyclic amines) is 1. The molecule has 37 heavy (non-hydrogen) atoms. The molecule has 0 amide bonds. The number of allylic oxidation sites excluding steroid dienone is 1. The van der Waals surface area contributed by atoms with Crippen LogP contribution in [-0.4, -0.2) is 54.2 Å². The summed E-state index contributed by atoms with van der Waals surface area (Å²) in [5.41, 5.74) is 2.25. The number of nitrogens with zero attached hydrogens (tertiary/aromatic N) is 3. The molecule has 0 spiro atoms. The van der Waals surface area contributed by atoms with Gasteiger partial charge in [0.25, 0.3) is 5.69 Å². The molecule has 2 heterocycles. The number of ether oxygens (including phenoxy) is 2. The highest BCUT2D eigenvalue weighted by molar-refractivity contribution is 6.07. The van der Waals surface area contributed by atoms with Crippen LogP contribution in [0, 0.1) is 16.0 Å². The number of rotatable bonds is 8. The fraction of sp³-hybridized carbons (Fsp3) is 0.393. The highest BCUT2D eigenvalue weighted by atomic mass is 16.6. The first-order valence-electron chi connectivity index (χ1n) is 12.4. The SMILES string of the molecule is COC(=O)C1C(C)=NC(C)=C(C(=O)OC(CN2CCCC2)c2ccccc2)C1c1cccc([N+](=O)[O-])c1. The maximum absolute atomic E-state index is 13.9. The van der Waals surface area contributed by atoms with Crippen molar-refractivity contribution in [2.45, 2.75) is 38.7 Å². The van der Waals surface area contributed by atoms with Crippen molar-refractivity contribution in [3.8, 4) is 0 Å². The van der Waals surface area contributed by atoms with E-state index >= 15 is 0 Å². The number of carbonyl (C=O) groups excluding carboxylic acids is 2.